The van der Waals surface area contributed by atoms with Gasteiger partial charge < -0.3 is 9.64 Å². The molecule has 1 aliphatic heterocycles. The molecule has 4 rings (SSSR count). The van der Waals surface area contributed by atoms with Crippen molar-refractivity contribution < 1.29 is 14.3 Å². The predicted molar refractivity (Wildman–Crippen MR) is 113 cm³/mol. The number of hydrogen-bond acceptors (Lipinski definition) is 7. The summed E-state index contributed by atoms with van der Waals surface area (Å²) >= 11 is 0. The van der Waals surface area contributed by atoms with Gasteiger partial charge in [0.05, 0.1) is 0 Å². The Morgan fingerprint density at radius 1 is 1.10 bits per heavy atom. The molecule has 0 radical (unpaired) electrons. The second kappa shape index (κ2) is 8.99. The zero-order chi connectivity index (χ0) is 21.8. The van der Waals surface area contributed by atoms with Crippen molar-refractivity contribution in [2.45, 2.75) is 26.7 Å². The lowest BCUT2D eigenvalue weighted by molar-refractivity contribution is -0.132. The standard InChI is InChI=1S/C21H25N7O3/c1-14-3-4-17(11-15(14)2)31-12-20(29)24-25-21(30)16-7-9-27(10-8-16)19-6-5-18-23-22-13-28(18)26-19/h3-6,11,13,16H,7-10,12H2,1-2H3,(H,24,29)(H,25,30). The predicted octanol–water partition coefficient (Wildman–Crippen LogP) is 1.18. The zero-order valence-electron chi connectivity index (χ0n) is 17.5. The summed E-state index contributed by atoms with van der Waals surface area (Å²) in [5.41, 5.74) is 7.88. The minimum Gasteiger partial charge on any atom is -0.484 e. The minimum absolute atomic E-state index is 0.168. The highest BCUT2D eigenvalue weighted by Gasteiger charge is 2.26. The fourth-order valence-electron chi connectivity index (χ4n) is 3.48. The number of nitrogens with zero attached hydrogens (tertiary/aromatic N) is 5. The van der Waals surface area contributed by atoms with Gasteiger partial charge in [0.25, 0.3) is 5.91 Å². The van der Waals surface area contributed by atoms with Gasteiger partial charge >= 0.3 is 0 Å². The van der Waals surface area contributed by atoms with Crippen LogP contribution in [0.5, 0.6) is 5.75 Å². The summed E-state index contributed by atoms with van der Waals surface area (Å²) in [6, 6.07) is 9.41. The van der Waals surface area contributed by atoms with E-state index in [1.54, 1.807) is 10.8 Å². The Balaban J connectivity index is 1.20. The molecule has 0 spiro atoms. The van der Waals surface area contributed by atoms with Crippen molar-refractivity contribution in [2.75, 3.05) is 24.6 Å². The van der Waals surface area contributed by atoms with Gasteiger partial charge in [-0.1, -0.05) is 6.07 Å². The van der Waals surface area contributed by atoms with Crippen molar-refractivity contribution in [1.82, 2.24) is 30.7 Å². The van der Waals surface area contributed by atoms with Crippen LogP contribution in [-0.4, -0.2) is 51.3 Å². The topological polar surface area (TPSA) is 114 Å². The van der Waals surface area contributed by atoms with E-state index in [0.29, 0.717) is 37.3 Å². The van der Waals surface area contributed by atoms with E-state index in [1.165, 1.54) is 0 Å². The first-order valence-electron chi connectivity index (χ1n) is 10.2. The number of carbonyl (C=O) groups excluding carboxylic acids is 2. The van der Waals surface area contributed by atoms with Gasteiger partial charge in [-0.3, -0.25) is 20.4 Å². The summed E-state index contributed by atoms with van der Waals surface area (Å²) in [5, 5.41) is 12.3. The summed E-state index contributed by atoms with van der Waals surface area (Å²) < 4.78 is 7.11. The lowest BCUT2D eigenvalue weighted by Crippen LogP contribution is -2.48. The van der Waals surface area contributed by atoms with Gasteiger partial charge in [0.2, 0.25) is 5.91 Å². The van der Waals surface area contributed by atoms with Crippen LogP contribution >= 0.6 is 0 Å². The molecule has 1 aliphatic rings. The number of fused-ring (bicyclic) bond motifs is 1. The number of hydrogen-bond donors (Lipinski definition) is 2. The Morgan fingerprint density at radius 2 is 1.90 bits per heavy atom. The molecule has 0 bridgehead atoms. The maximum absolute atomic E-state index is 12.4. The first-order chi connectivity index (χ1) is 15.0. The van der Waals surface area contributed by atoms with Gasteiger partial charge in [0.15, 0.2) is 12.3 Å². The molecule has 3 heterocycles. The average molecular weight is 423 g/mol. The van der Waals surface area contributed by atoms with E-state index in [2.05, 4.69) is 31.0 Å². The van der Waals surface area contributed by atoms with Crippen LogP contribution < -0.4 is 20.5 Å². The van der Waals surface area contributed by atoms with Gasteiger partial charge in [-0.05, 0) is 62.1 Å². The number of rotatable bonds is 5. The van der Waals surface area contributed by atoms with Gasteiger partial charge in [-0.15, -0.1) is 15.3 Å². The van der Waals surface area contributed by atoms with Crippen LogP contribution in [0.25, 0.3) is 5.65 Å². The third-order valence-corrected chi connectivity index (χ3v) is 5.51. The molecular weight excluding hydrogens is 398 g/mol. The first kappa shape index (κ1) is 20.6. The Kier molecular flexibility index (Phi) is 5.96. The van der Waals surface area contributed by atoms with Crippen molar-refractivity contribution in [3.8, 4) is 5.75 Å². The SMILES string of the molecule is Cc1ccc(OCC(=O)NNC(=O)C2CCN(c3ccc4nncn4n3)CC2)cc1C. The second-order valence-electron chi connectivity index (χ2n) is 7.66. The zero-order valence-corrected chi connectivity index (χ0v) is 17.5. The molecule has 0 atom stereocenters. The number of aryl methyl sites for hydroxylation is 2. The smallest absolute Gasteiger partial charge is 0.276 e. The Bertz CT molecular complexity index is 1090. The van der Waals surface area contributed by atoms with Crippen molar-refractivity contribution in [3.05, 3.63) is 47.8 Å². The third-order valence-electron chi connectivity index (χ3n) is 5.51. The van der Waals surface area contributed by atoms with E-state index in [1.807, 2.05) is 44.2 Å². The number of carbonyl (C=O) groups is 2. The number of amides is 2. The molecule has 0 unspecified atom stereocenters. The van der Waals surface area contributed by atoms with Crippen LogP contribution in [0.4, 0.5) is 5.82 Å². The van der Waals surface area contributed by atoms with E-state index in [0.717, 1.165) is 16.9 Å². The van der Waals surface area contributed by atoms with E-state index in [-0.39, 0.29) is 18.4 Å². The summed E-state index contributed by atoms with van der Waals surface area (Å²) in [6.45, 7) is 5.22. The van der Waals surface area contributed by atoms with Gasteiger partial charge in [-0.2, -0.15) is 4.52 Å². The summed E-state index contributed by atoms with van der Waals surface area (Å²) in [7, 11) is 0. The average Bonchev–Trinajstić information content (AvgIpc) is 3.26. The van der Waals surface area contributed by atoms with Crippen LogP contribution in [-0.2, 0) is 9.59 Å². The highest BCUT2D eigenvalue weighted by Crippen LogP contribution is 2.22. The fraction of sp³-hybridized carbons (Fsp3) is 0.381. The van der Waals surface area contributed by atoms with E-state index in [4.69, 9.17) is 4.74 Å². The van der Waals surface area contributed by atoms with Crippen LogP contribution in [0.3, 0.4) is 0 Å². The minimum atomic E-state index is -0.407. The van der Waals surface area contributed by atoms with Crippen LogP contribution in [0.15, 0.2) is 36.7 Å². The maximum Gasteiger partial charge on any atom is 0.276 e. The maximum atomic E-state index is 12.4. The molecule has 0 aliphatic carbocycles. The second-order valence-corrected chi connectivity index (χ2v) is 7.66. The quantitative estimate of drug-likeness (QED) is 0.593. The number of aromatic nitrogens is 4. The molecule has 1 fully saturated rings. The van der Waals surface area contributed by atoms with Crippen molar-refractivity contribution >= 4 is 23.3 Å². The Morgan fingerprint density at radius 3 is 2.68 bits per heavy atom. The Hall–Kier alpha value is -3.69. The molecule has 2 N–H and O–H groups in total. The lowest BCUT2D eigenvalue weighted by atomic mass is 9.96. The fourth-order valence-corrected chi connectivity index (χ4v) is 3.48. The first-order valence-corrected chi connectivity index (χ1v) is 10.2. The molecule has 3 aromatic rings. The van der Waals surface area contributed by atoms with Crippen molar-refractivity contribution in [2.24, 2.45) is 5.92 Å². The molecule has 0 saturated carbocycles. The number of hydrazine groups is 1. The number of benzene rings is 1. The van der Waals surface area contributed by atoms with Gasteiger partial charge in [0, 0.05) is 19.0 Å². The molecule has 162 valence electrons. The van der Waals surface area contributed by atoms with Gasteiger partial charge in [0.1, 0.15) is 17.9 Å². The van der Waals surface area contributed by atoms with Crippen LogP contribution in [0.2, 0.25) is 0 Å². The molecule has 2 aromatic heterocycles. The van der Waals surface area contributed by atoms with Crippen molar-refractivity contribution in [3.63, 3.8) is 0 Å². The summed E-state index contributed by atoms with van der Waals surface area (Å²) in [6.07, 6.45) is 2.90. The molecule has 1 saturated heterocycles. The lowest BCUT2D eigenvalue weighted by Gasteiger charge is -2.31. The highest BCUT2D eigenvalue weighted by molar-refractivity contribution is 5.84. The van der Waals surface area contributed by atoms with E-state index < -0.39 is 5.91 Å². The van der Waals surface area contributed by atoms with Crippen LogP contribution in [0, 0.1) is 19.8 Å². The number of ether oxygens (including phenoxy) is 1. The summed E-state index contributed by atoms with van der Waals surface area (Å²) in [4.78, 5) is 26.5. The van der Waals surface area contributed by atoms with E-state index in [9.17, 15) is 9.59 Å². The van der Waals surface area contributed by atoms with E-state index >= 15 is 0 Å². The molecular formula is C21H25N7O3. The molecule has 10 heteroatoms. The molecule has 10 nitrogen and oxygen atoms in total. The van der Waals surface area contributed by atoms with Crippen molar-refractivity contribution in [1.29, 1.82) is 0 Å². The molecule has 2 amide bonds. The monoisotopic (exact) mass is 423 g/mol. The highest BCUT2D eigenvalue weighted by atomic mass is 16.5. The third kappa shape index (κ3) is 4.90. The number of nitrogens with one attached hydrogen (secondary N) is 2. The summed E-state index contributed by atoms with van der Waals surface area (Å²) in [5.74, 6) is 0.672. The van der Waals surface area contributed by atoms with Crippen LogP contribution in [0.1, 0.15) is 24.0 Å². The normalized spacial score (nSPS) is 14.5. The molecule has 1 aromatic carbocycles. The largest absolute Gasteiger partial charge is 0.484 e. The number of piperidine rings is 1. The van der Waals surface area contributed by atoms with Gasteiger partial charge in [-0.25, -0.2) is 0 Å². The number of anilines is 1. The Labute approximate surface area is 179 Å². The molecule has 31 heavy (non-hydrogen) atoms.